The van der Waals surface area contributed by atoms with Gasteiger partial charge in [0.05, 0.1) is 5.60 Å². The van der Waals surface area contributed by atoms with Crippen LogP contribution < -0.4 is 10.2 Å². The molecule has 19 heavy (non-hydrogen) atoms. The molecule has 2 N–H and O–H groups in total. The van der Waals surface area contributed by atoms with Crippen LogP contribution in [0.15, 0.2) is 18.3 Å². The molecule has 1 aromatic rings. The highest BCUT2D eigenvalue weighted by molar-refractivity contribution is 5.47. The van der Waals surface area contributed by atoms with E-state index in [1.54, 1.807) is 0 Å². The van der Waals surface area contributed by atoms with E-state index in [0.717, 1.165) is 44.7 Å². The van der Waals surface area contributed by atoms with Crippen LogP contribution in [0.5, 0.6) is 0 Å². The number of nitrogens with zero attached hydrogens (tertiary/aromatic N) is 2. The molecule has 1 aliphatic rings. The highest BCUT2D eigenvalue weighted by Gasteiger charge is 2.29. The Balaban J connectivity index is 2.10. The maximum atomic E-state index is 10.2. The molecule has 1 aromatic heterocycles. The van der Waals surface area contributed by atoms with Gasteiger partial charge in [-0.2, -0.15) is 0 Å². The van der Waals surface area contributed by atoms with Gasteiger partial charge in [-0.05, 0) is 38.8 Å². The summed E-state index contributed by atoms with van der Waals surface area (Å²) in [5.74, 6) is 1.02. The fourth-order valence-electron chi connectivity index (χ4n) is 2.65. The zero-order valence-corrected chi connectivity index (χ0v) is 12.0. The third-order valence-corrected chi connectivity index (χ3v) is 3.58. The molecule has 1 saturated heterocycles. The van der Waals surface area contributed by atoms with Gasteiger partial charge in [-0.15, -0.1) is 0 Å². The Labute approximate surface area is 115 Å². The molecule has 1 atom stereocenters. The minimum absolute atomic E-state index is 0.593. The maximum Gasteiger partial charge on any atom is 0.133 e. The molecule has 2 rings (SSSR count). The fourth-order valence-corrected chi connectivity index (χ4v) is 2.65. The monoisotopic (exact) mass is 263 g/mol. The first-order chi connectivity index (χ1) is 9.12. The van der Waals surface area contributed by atoms with Crippen LogP contribution in [0.4, 0.5) is 5.82 Å². The number of hydrogen-bond donors (Lipinski definition) is 2. The normalized spacial score (nSPS) is 23.6. The van der Waals surface area contributed by atoms with Gasteiger partial charge in [0.25, 0.3) is 0 Å². The number of hydrogen-bond acceptors (Lipinski definition) is 4. The number of aliphatic hydroxyl groups is 1. The molecule has 1 fully saturated rings. The van der Waals surface area contributed by atoms with Crippen molar-refractivity contribution >= 4 is 5.82 Å². The molecule has 4 heteroatoms. The lowest BCUT2D eigenvalue weighted by atomic mass is 9.95. The van der Waals surface area contributed by atoms with E-state index in [-0.39, 0.29) is 0 Å². The van der Waals surface area contributed by atoms with Crippen molar-refractivity contribution in [3.63, 3.8) is 0 Å². The second-order valence-corrected chi connectivity index (χ2v) is 5.68. The summed E-state index contributed by atoms with van der Waals surface area (Å²) in [6, 6.07) is 4.10. The Kier molecular flexibility index (Phi) is 4.77. The number of pyridine rings is 1. The quantitative estimate of drug-likeness (QED) is 0.797. The number of anilines is 1. The highest BCUT2D eigenvalue weighted by atomic mass is 16.3. The molecule has 1 unspecified atom stereocenters. The standard InChI is InChI=1S/C15H25N3O/c1-3-8-16-11-13-6-4-9-17-14(13)18-10-5-7-15(2,19)12-18/h4,6,9,16,19H,3,5,7-8,10-12H2,1-2H3. The summed E-state index contributed by atoms with van der Waals surface area (Å²) < 4.78 is 0. The van der Waals surface area contributed by atoms with Gasteiger partial charge in [-0.25, -0.2) is 4.98 Å². The maximum absolute atomic E-state index is 10.2. The summed E-state index contributed by atoms with van der Waals surface area (Å²) in [7, 11) is 0. The van der Waals surface area contributed by atoms with E-state index >= 15 is 0 Å². The van der Waals surface area contributed by atoms with Gasteiger partial charge in [-0.1, -0.05) is 13.0 Å². The first-order valence-electron chi connectivity index (χ1n) is 7.24. The molecule has 0 bridgehead atoms. The Bertz CT molecular complexity index is 406. The van der Waals surface area contributed by atoms with Gasteiger partial charge in [0.1, 0.15) is 5.82 Å². The van der Waals surface area contributed by atoms with Gasteiger partial charge in [-0.3, -0.25) is 0 Å². The number of piperidine rings is 1. The third kappa shape index (κ3) is 3.91. The van der Waals surface area contributed by atoms with E-state index in [4.69, 9.17) is 0 Å². The van der Waals surface area contributed by atoms with Crippen molar-refractivity contribution in [1.82, 2.24) is 10.3 Å². The Morgan fingerprint density at radius 2 is 2.37 bits per heavy atom. The van der Waals surface area contributed by atoms with Gasteiger partial charge in [0, 0.05) is 31.4 Å². The third-order valence-electron chi connectivity index (χ3n) is 3.58. The van der Waals surface area contributed by atoms with Crippen molar-refractivity contribution in [2.24, 2.45) is 0 Å². The summed E-state index contributed by atoms with van der Waals surface area (Å²) >= 11 is 0. The van der Waals surface area contributed by atoms with E-state index in [1.165, 1.54) is 5.56 Å². The van der Waals surface area contributed by atoms with E-state index in [1.807, 2.05) is 19.2 Å². The Hall–Kier alpha value is -1.13. The van der Waals surface area contributed by atoms with E-state index in [9.17, 15) is 5.11 Å². The van der Waals surface area contributed by atoms with Crippen LogP contribution in [0.3, 0.4) is 0 Å². The minimum atomic E-state index is -0.593. The molecular formula is C15H25N3O. The molecule has 4 nitrogen and oxygen atoms in total. The molecule has 0 radical (unpaired) electrons. The molecule has 0 saturated carbocycles. The molecule has 0 amide bonds. The lowest BCUT2D eigenvalue weighted by molar-refractivity contribution is 0.0446. The van der Waals surface area contributed by atoms with Crippen LogP contribution in [0, 0.1) is 0 Å². The van der Waals surface area contributed by atoms with E-state index in [2.05, 4.69) is 28.2 Å². The minimum Gasteiger partial charge on any atom is -0.388 e. The molecule has 2 heterocycles. The van der Waals surface area contributed by atoms with Crippen LogP contribution in [0.2, 0.25) is 0 Å². The van der Waals surface area contributed by atoms with Crippen molar-refractivity contribution in [1.29, 1.82) is 0 Å². The predicted octanol–water partition coefficient (Wildman–Crippen LogP) is 1.93. The summed E-state index contributed by atoms with van der Waals surface area (Å²) in [6.45, 7) is 7.59. The van der Waals surface area contributed by atoms with Crippen molar-refractivity contribution < 1.29 is 5.11 Å². The molecule has 1 aliphatic heterocycles. The lowest BCUT2D eigenvalue weighted by Gasteiger charge is -2.38. The van der Waals surface area contributed by atoms with E-state index in [0.29, 0.717) is 6.54 Å². The van der Waals surface area contributed by atoms with Crippen LogP contribution in [0.1, 0.15) is 38.7 Å². The first kappa shape index (κ1) is 14.3. The Morgan fingerprint density at radius 1 is 1.53 bits per heavy atom. The average Bonchev–Trinajstić information content (AvgIpc) is 2.38. The van der Waals surface area contributed by atoms with Crippen LogP contribution in [0.25, 0.3) is 0 Å². The van der Waals surface area contributed by atoms with Crippen LogP contribution in [-0.2, 0) is 6.54 Å². The number of β-amino-alcohol motifs (C(OH)–C–C–N with tert-alkyl or cyclic N) is 1. The van der Waals surface area contributed by atoms with Gasteiger partial charge < -0.3 is 15.3 Å². The smallest absolute Gasteiger partial charge is 0.133 e. The average molecular weight is 263 g/mol. The number of rotatable bonds is 5. The van der Waals surface area contributed by atoms with Crippen LogP contribution >= 0.6 is 0 Å². The molecule has 0 aliphatic carbocycles. The molecule has 106 valence electrons. The second-order valence-electron chi connectivity index (χ2n) is 5.68. The lowest BCUT2D eigenvalue weighted by Crippen LogP contribution is -2.46. The molecular weight excluding hydrogens is 238 g/mol. The predicted molar refractivity (Wildman–Crippen MR) is 78.3 cm³/mol. The van der Waals surface area contributed by atoms with Crippen molar-refractivity contribution in [3.8, 4) is 0 Å². The topological polar surface area (TPSA) is 48.4 Å². The van der Waals surface area contributed by atoms with Gasteiger partial charge in [0.2, 0.25) is 0 Å². The second kappa shape index (κ2) is 6.35. The molecule has 0 spiro atoms. The summed E-state index contributed by atoms with van der Waals surface area (Å²) in [6.07, 6.45) is 4.86. The van der Waals surface area contributed by atoms with Gasteiger partial charge >= 0.3 is 0 Å². The zero-order chi connectivity index (χ0) is 13.7. The Morgan fingerprint density at radius 3 is 3.11 bits per heavy atom. The summed E-state index contributed by atoms with van der Waals surface area (Å²) in [5.41, 5.74) is 0.623. The largest absolute Gasteiger partial charge is 0.388 e. The number of aromatic nitrogens is 1. The SMILES string of the molecule is CCCNCc1cccnc1N1CCCC(C)(O)C1. The van der Waals surface area contributed by atoms with E-state index < -0.39 is 5.60 Å². The first-order valence-corrected chi connectivity index (χ1v) is 7.24. The summed E-state index contributed by atoms with van der Waals surface area (Å²) in [4.78, 5) is 6.74. The molecule has 0 aromatic carbocycles. The van der Waals surface area contributed by atoms with Crippen LogP contribution in [-0.4, -0.2) is 35.3 Å². The fraction of sp³-hybridized carbons (Fsp3) is 0.667. The number of nitrogens with one attached hydrogen (secondary N) is 1. The van der Waals surface area contributed by atoms with Crippen molar-refractivity contribution in [2.45, 2.75) is 45.3 Å². The van der Waals surface area contributed by atoms with Crippen molar-refractivity contribution in [3.05, 3.63) is 23.9 Å². The highest BCUT2D eigenvalue weighted by Crippen LogP contribution is 2.26. The zero-order valence-electron chi connectivity index (χ0n) is 12.0. The van der Waals surface area contributed by atoms with Gasteiger partial charge in [0.15, 0.2) is 0 Å². The summed E-state index contributed by atoms with van der Waals surface area (Å²) in [5, 5.41) is 13.6. The van der Waals surface area contributed by atoms with Crippen molar-refractivity contribution in [2.75, 3.05) is 24.5 Å².